The van der Waals surface area contributed by atoms with Crippen molar-refractivity contribution < 1.29 is 0 Å². The van der Waals surface area contributed by atoms with Crippen molar-refractivity contribution in [2.24, 2.45) is 0 Å². The summed E-state index contributed by atoms with van der Waals surface area (Å²) in [6.45, 7) is 0. The lowest BCUT2D eigenvalue weighted by molar-refractivity contribution is 0.696. The van der Waals surface area contributed by atoms with E-state index in [0.717, 1.165) is 18.5 Å². The summed E-state index contributed by atoms with van der Waals surface area (Å²) in [6.07, 6.45) is 4.75. The summed E-state index contributed by atoms with van der Waals surface area (Å²) in [5, 5.41) is 7.04. The largest absolute Gasteiger partial charge is 0.308 e. The Morgan fingerprint density at radius 1 is 1.29 bits per heavy atom. The molecule has 0 bridgehead atoms. The van der Waals surface area contributed by atoms with E-state index in [1.165, 1.54) is 12.8 Å². The molecule has 2 N–H and O–H groups in total. The van der Waals surface area contributed by atoms with Crippen molar-refractivity contribution in [2.75, 3.05) is 0 Å². The maximum atomic E-state index is 11.7. The Morgan fingerprint density at radius 2 is 2.06 bits per heavy atom. The smallest absolute Gasteiger partial charge is 0.279 e. The highest BCUT2D eigenvalue weighted by molar-refractivity contribution is 6.16. The summed E-state index contributed by atoms with van der Waals surface area (Å²) in [6, 6.07) is 0. The van der Waals surface area contributed by atoms with Gasteiger partial charge in [-0.15, -0.1) is 11.6 Å². The van der Waals surface area contributed by atoms with Gasteiger partial charge in [0.2, 0.25) is 0 Å². The normalized spacial score (nSPS) is 17.0. The average Bonchev–Trinajstić information content (AvgIpc) is 2.96. The monoisotopic (exact) mass is 252 g/mol. The van der Waals surface area contributed by atoms with Crippen molar-refractivity contribution in [3.63, 3.8) is 0 Å². The minimum atomic E-state index is -0.217. The molecule has 1 aliphatic carbocycles. The van der Waals surface area contributed by atoms with Crippen LogP contribution in [0.2, 0.25) is 0 Å². The minimum absolute atomic E-state index is 0.209. The van der Waals surface area contributed by atoms with Gasteiger partial charge in [0, 0.05) is 5.92 Å². The van der Waals surface area contributed by atoms with E-state index in [4.69, 9.17) is 11.6 Å². The van der Waals surface area contributed by atoms with Gasteiger partial charge in [0.15, 0.2) is 5.52 Å². The molecule has 3 rings (SSSR count). The minimum Gasteiger partial charge on any atom is -0.308 e. The molecule has 0 aliphatic heterocycles. The van der Waals surface area contributed by atoms with Crippen LogP contribution in [0, 0.1) is 0 Å². The average molecular weight is 253 g/mol. The summed E-state index contributed by atoms with van der Waals surface area (Å²) in [4.78, 5) is 18.8. The molecule has 2 aromatic rings. The van der Waals surface area contributed by atoms with Gasteiger partial charge in [0.1, 0.15) is 11.3 Å². The molecule has 2 heterocycles. The van der Waals surface area contributed by atoms with Gasteiger partial charge in [-0.1, -0.05) is 12.8 Å². The summed E-state index contributed by atoms with van der Waals surface area (Å²) in [5.74, 6) is 1.17. The molecule has 0 aromatic carbocycles. The van der Waals surface area contributed by atoms with Crippen LogP contribution in [-0.4, -0.2) is 20.2 Å². The Labute approximate surface area is 103 Å². The Kier molecular flexibility index (Phi) is 2.63. The number of alkyl halides is 1. The van der Waals surface area contributed by atoms with Crippen LogP contribution in [0.1, 0.15) is 43.1 Å². The number of aromatic nitrogens is 4. The highest BCUT2D eigenvalue weighted by Gasteiger charge is 2.23. The zero-order valence-electron chi connectivity index (χ0n) is 9.29. The fraction of sp³-hybridized carbons (Fsp3) is 0.545. The van der Waals surface area contributed by atoms with Crippen LogP contribution in [0.15, 0.2) is 4.79 Å². The first-order valence-electron chi connectivity index (χ1n) is 5.82. The molecule has 0 spiro atoms. The Bertz CT molecular complexity index is 597. The molecule has 17 heavy (non-hydrogen) atoms. The van der Waals surface area contributed by atoms with Crippen molar-refractivity contribution in [1.82, 2.24) is 20.2 Å². The summed E-state index contributed by atoms with van der Waals surface area (Å²) < 4.78 is 0. The third-order valence-electron chi connectivity index (χ3n) is 3.38. The molecule has 5 nitrogen and oxygen atoms in total. The number of fused-ring (bicyclic) bond motifs is 1. The quantitative estimate of drug-likeness (QED) is 0.804. The highest BCUT2D eigenvalue weighted by atomic mass is 35.5. The number of hydrogen-bond acceptors (Lipinski definition) is 3. The summed E-state index contributed by atoms with van der Waals surface area (Å²) >= 11 is 5.72. The number of H-pyrrole nitrogens is 2. The standard InChI is InChI=1S/C11H13ClN4O/c12-5-7-13-9-8(6-3-1-2-4-6)15-16-10(9)11(17)14-7/h6H,1-5H2,(H,15,16)(H,13,14,17). The Balaban J connectivity index is 2.19. The first-order valence-corrected chi connectivity index (χ1v) is 6.36. The van der Waals surface area contributed by atoms with Gasteiger partial charge in [-0.3, -0.25) is 9.89 Å². The predicted octanol–water partition coefficient (Wildman–Crippen LogP) is 2.04. The number of hydrogen-bond donors (Lipinski definition) is 2. The van der Waals surface area contributed by atoms with Crippen LogP contribution >= 0.6 is 11.6 Å². The van der Waals surface area contributed by atoms with Gasteiger partial charge < -0.3 is 4.98 Å². The van der Waals surface area contributed by atoms with Crippen molar-refractivity contribution in [2.45, 2.75) is 37.5 Å². The molecule has 0 amide bonds. The molecular formula is C11H13ClN4O. The van der Waals surface area contributed by atoms with Gasteiger partial charge in [-0.25, -0.2) is 4.98 Å². The number of nitrogens with zero attached hydrogens (tertiary/aromatic N) is 2. The van der Waals surface area contributed by atoms with E-state index in [1.807, 2.05) is 0 Å². The van der Waals surface area contributed by atoms with Gasteiger partial charge in [-0.05, 0) is 12.8 Å². The molecule has 1 fully saturated rings. The fourth-order valence-electron chi connectivity index (χ4n) is 2.54. The van der Waals surface area contributed by atoms with Crippen LogP contribution < -0.4 is 5.56 Å². The second-order valence-electron chi connectivity index (χ2n) is 4.46. The molecule has 1 aliphatic rings. The van der Waals surface area contributed by atoms with Crippen LogP contribution in [-0.2, 0) is 5.88 Å². The van der Waals surface area contributed by atoms with E-state index in [2.05, 4.69) is 20.2 Å². The third-order valence-corrected chi connectivity index (χ3v) is 3.63. The van der Waals surface area contributed by atoms with Gasteiger partial charge in [0.25, 0.3) is 5.56 Å². The van der Waals surface area contributed by atoms with Crippen molar-refractivity contribution >= 4 is 22.6 Å². The lowest BCUT2D eigenvalue weighted by Gasteiger charge is -2.05. The SMILES string of the molecule is O=c1[nH]c(CCl)nc2c(C3CCCC3)[nH]nc12. The van der Waals surface area contributed by atoms with Gasteiger partial charge >= 0.3 is 0 Å². The highest BCUT2D eigenvalue weighted by Crippen LogP contribution is 2.35. The maximum absolute atomic E-state index is 11.7. The number of nitrogens with one attached hydrogen (secondary N) is 2. The topological polar surface area (TPSA) is 74.4 Å². The van der Waals surface area contributed by atoms with E-state index in [0.29, 0.717) is 22.8 Å². The van der Waals surface area contributed by atoms with E-state index in [1.54, 1.807) is 0 Å². The molecule has 0 radical (unpaired) electrons. The maximum Gasteiger partial charge on any atom is 0.279 e. The van der Waals surface area contributed by atoms with Crippen LogP contribution in [0.4, 0.5) is 0 Å². The first kappa shape index (κ1) is 10.8. The molecule has 0 atom stereocenters. The Morgan fingerprint density at radius 3 is 2.76 bits per heavy atom. The van der Waals surface area contributed by atoms with Gasteiger partial charge in [0.05, 0.1) is 11.6 Å². The molecular weight excluding hydrogens is 240 g/mol. The van der Waals surface area contributed by atoms with E-state index >= 15 is 0 Å². The van der Waals surface area contributed by atoms with E-state index < -0.39 is 0 Å². The predicted molar refractivity (Wildman–Crippen MR) is 65.3 cm³/mol. The Hall–Kier alpha value is -1.36. The van der Waals surface area contributed by atoms with Crippen molar-refractivity contribution in [3.05, 3.63) is 21.9 Å². The van der Waals surface area contributed by atoms with E-state index in [9.17, 15) is 4.79 Å². The van der Waals surface area contributed by atoms with Crippen LogP contribution in [0.25, 0.3) is 11.0 Å². The second-order valence-corrected chi connectivity index (χ2v) is 4.73. The zero-order chi connectivity index (χ0) is 11.8. The molecule has 1 saturated carbocycles. The third kappa shape index (κ3) is 1.74. The fourth-order valence-corrected chi connectivity index (χ4v) is 2.66. The van der Waals surface area contributed by atoms with Crippen molar-refractivity contribution in [3.8, 4) is 0 Å². The summed E-state index contributed by atoms with van der Waals surface area (Å²) in [5.41, 5.74) is 1.86. The number of halogens is 1. The number of rotatable bonds is 2. The lowest BCUT2D eigenvalue weighted by Crippen LogP contribution is -2.11. The van der Waals surface area contributed by atoms with E-state index in [-0.39, 0.29) is 11.4 Å². The first-order chi connectivity index (χ1) is 8.29. The molecule has 6 heteroatoms. The molecule has 2 aromatic heterocycles. The number of aromatic amines is 2. The zero-order valence-corrected chi connectivity index (χ0v) is 10.0. The molecule has 0 saturated heterocycles. The van der Waals surface area contributed by atoms with Crippen LogP contribution in [0.3, 0.4) is 0 Å². The molecule has 0 unspecified atom stereocenters. The second kappa shape index (κ2) is 4.14. The summed E-state index contributed by atoms with van der Waals surface area (Å²) in [7, 11) is 0. The molecule has 90 valence electrons. The van der Waals surface area contributed by atoms with Crippen LogP contribution in [0.5, 0.6) is 0 Å². The van der Waals surface area contributed by atoms with Crippen molar-refractivity contribution in [1.29, 1.82) is 0 Å². The van der Waals surface area contributed by atoms with Gasteiger partial charge in [-0.2, -0.15) is 5.10 Å². The lowest BCUT2D eigenvalue weighted by atomic mass is 10.0.